The van der Waals surface area contributed by atoms with Crippen molar-refractivity contribution in [3.63, 3.8) is 0 Å². The number of carbonyl (C=O) groups excluding carboxylic acids is 2. The van der Waals surface area contributed by atoms with Crippen molar-refractivity contribution in [3.8, 4) is 0 Å². The number of benzene rings is 1. The van der Waals surface area contributed by atoms with Crippen molar-refractivity contribution >= 4 is 34.4 Å². The molecule has 0 aliphatic carbocycles. The summed E-state index contributed by atoms with van der Waals surface area (Å²) in [5, 5.41) is 11.4. The molecule has 2 aromatic rings. The second kappa shape index (κ2) is 6.73. The van der Waals surface area contributed by atoms with Gasteiger partial charge in [-0.15, -0.1) is 0 Å². The Morgan fingerprint density at radius 1 is 1.42 bits per heavy atom. The van der Waals surface area contributed by atoms with Gasteiger partial charge in [-0.3, -0.25) is 4.79 Å². The van der Waals surface area contributed by atoms with Crippen LogP contribution in [0.15, 0.2) is 41.8 Å². The Morgan fingerprint density at radius 2 is 2.17 bits per heavy atom. The molecular weight excluding hydrogens is 326 g/mol. The zero-order valence-electron chi connectivity index (χ0n) is 13.5. The van der Waals surface area contributed by atoms with E-state index in [9.17, 15) is 14.7 Å². The average Bonchev–Trinajstić information content (AvgIpc) is 3.09. The number of aliphatic hydroxyl groups excluding tert-OH is 1. The summed E-state index contributed by atoms with van der Waals surface area (Å²) >= 11 is 1.62. The van der Waals surface area contributed by atoms with Crippen molar-refractivity contribution in [2.75, 3.05) is 6.26 Å². The van der Waals surface area contributed by atoms with Crippen LogP contribution in [0.2, 0.25) is 0 Å². The highest BCUT2D eigenvalue weighted by Gasteiger charge is 2.38. The molecule has 3 rings (SSSR count). The largest absolute Gasteiger partial charge is 0.507 e. The van der Waals surface area contributed by atoms with Crippen molar-refractivity contribution < 1.29 is 19.4 Å². The number of fused-ring (bicyclic) bond motifs is 1. The predicted molar refractivity (Wildman–Crippen MR) is 94.1 cm³/mol. The van der Waals surface area contributed by atoms with Gasteiger partial charge in [0.2, 0.25) is 0 Å². The number of thioether (sulfide) groups is 1. The molecule has 2 heterocycles. The number of esters is 1. The van der Waals surface area contributed by atoms with E-state index in [1.807, 2.05) is 37.4 Å². The lowest BCUT2D eigenvalue weighted by Crippen LogP contribution is -2.16. The standard InChI is InChI=1S/C18H19NO4S/c1-10(24-2)7-15-17(21)16(18(22)23-15)14(20)8-11-9-19-13-6-4-3-5-12(11)13/h3-6,9-10,15,19,21H,7-8H2,1-2H3. The molecule has 6 heteroatoms. The van der Waals surface area contributed by atoms with Gasteiger partial charge in [0.05, 0.1) is 0 Å². The van der Waals surface area contributed by atoms with E-state index in [0.29, 0.717) is 6.42 Å². The SMILES string of the molecule is CSC(C)CC1OC(=O)C(C(=O)Cc2c[nH]c3ccccc23)=C1O. The molecular formula is C18H19NO4S. The number of aromatic nitrogens is 1. The number of Topliss-reactive ketones (excluding diaryl/α,β-unsaturated/α-hetero) is 1. The number of rotatable bonds is 6. The van der Waals surface area contributed by atoms with Gasteiger partial charge in [-0.25, -0.2) is 4.79 Å². The van der Waals surface area contributed by atoms with Crippen LogP contribution in [-0.4, -0.2) is 39.5 Å². The summed E-state index contributed by atoms with van der Waals surface area (Å²) in [4.78, 5) is 27.7. The quantitative estimate of drug-likeness (QED) is 0.621. The lowest BCUT2D eigenvalue weighted by atomic mass is 10.0. The number of hydrogen-bond donors (Lipinski definition) is 2. The second-order valence-corrected chi connectivity index (χ2v) is 7.17. The van der Waals surface area contributed by atoms with Gasteiger partial charge in [0.15, 0.2) is 17.6 Å². The Kier molecular flexibility index (Phi) is 4.66. The van der Waals surface area contributed by atoms with Crippen molar-refractivity contribution in [2.45, 2.75) is 31.1 Å². The summed E-state index contributed by atoms with van der Waals surface area (Å²) in [5.41, 5.74) is 1.52. The number of cyclic esters (lactones) is 1. The summed E-state index contributed by atoms with van der Waals surface area (Å²) in [6.07, 6.45) is 3.52. The maximum Gasteiger partial charge on any atom is 0.346 e. The number of ether oxygens (including phenoxy) is 1. The molecule has 5 nitrogen and oxygen atoms in total. The van der Waals surface area contributed by atoms with Crippen molar-refractivity contribution in [1.29, 1.82) is 0 Å². The molecule has 1 aromatic carbocycles. The van der Waals surface area contributed by atoms with Crippen LogP contribution in [-0.2, 0) is 20.7 Å². The molecule has 0 saturated carbocycles. The summed E-state index contributed by atoms with van der Waals surface area (Å²) in [6, 6.07) is 7.64. The molecule has 0 saturated heterocycles. The number of hydrogen-bond acceptors (Lipinski definition) is 5. The monoisotopic (exact) mass is 345 g/mol. The van der Waals surface area contributed by atoms with Gasteiger partial charge in [0.25, 0.3) is 0 Å². The normalized spacial score (nSPS) is 18.9. The van der Waals surface area contributed by atoms with Gasteiger partial charge >= 0.3 is 5.97 Å². The maximum atomic E-state index is 12.5. The van der Waals surface area contributed by atoms with E-state index >= 15 is 0 Å². The number of H-pyrrole nitrogens is 1. The fourth-order valence-corrected chi connectivity index (χ4v) is 3.23. The first-order valence-corrected chi connectivity index (χ1v) is 9.05. The van der Waals surface area contributed by atoms with Crippen LogP contribution in [0.4, 0.5) is 0 Å². The van der Waals surface area contributed by atoms with E-state index in [2.05, 4.69) is 4.98 Å². The third-order valence-electron chi connectivity index (χ3n) is 4.27. The van der Waals surface area contributed by atoms with Gasteiger partial charge in [-0.05, 0) is 17.9 Å². The Labute approximate surface area is 144 Å². The van der Waals surface area contributed by atoms with Crippen molar-refractivity contribution in [1.82, 2.24) is 4.98 Å². The lowest BCUT2D eigenvalue weighted by molar-refractivity contribution is -0.141. The van der Waals surface area contributed by atoms with Crippen molar-refractivity contribution in [3.05, 3.63) is 47.4 Å². The number of para-hydroxylation sites is 1. The molecule has 0 amide bonds. The van der Waals surface area contributed by atoms with E-state index in [1.54, 1.807) is 18.0 Å². The van der Waals surface area contributed by atoms with E-state index in [-0.39, 0.29) is 23.0 Å². The number of nitrogens with one attached hydrogen (secondary N) is 1. The average molecular weight is 345 g/mol. The molecule has 0 bridgehead atoms. The molecule has 0 fully saturated rings. The topological polar surface area (TPSA) is 79.4 Å². The molecule has 24 heavy (non-hydrogen) atoms. The Hall–Kier alpha value is -2.21. The molecule has 0 spiro atoms. The van der Waals surface area contributed by atoms with E-state index in [0.717, 1.165) is 16.5 Å². The Morgan fingerprint density at radius 3 is 2.92 bits per heavy atom. The van der Waals surface area contributed by atoms with Crippen LogP contribution in [0.5, 0.6) is 0 Å². The first-order valence-electron chi connectivity index (χ1n) is 7.76. The third-order valence-corrected chi connectivity index (χ3v) is 5.26. The van der Waals surface area contributed by atoms with Gasteiger partial charge in [-0.1, -0.05) is 25.1 Å². The summed E-state index contributed by atoms with van der Waals surface area (Å²) in [7, 11) is 0. The van der Waals surface area contributed by atoms with Crippen LogP contribution in [0, 0.1) is 0 Å². The van der Waals surface area contributed by atoms with Crippen LogP contribution < -0.4 is 0 Å². The fourth-order valence-electron chi connectivity index (χ4n) is 2.86. The minimum Gasteiger partial charge on any atom is -0.507 e. The predicted octanol–water partition coefficient (Wildman–Crippen LogP) is 3.16. The highest BCUT2D eigenvalue weighted by molar-refractivity contribution is 7.99. The first-order chi connectivity index (χ1) is 11.5. The van der Waals surface area contributed by atoms with Gasteiger partial charge in [0, 0.05) is 35.2 Å². The molecule has 2 atom stereocenters. The van der Waals surface area contributed by atoms with E-state index in [1.165, 1.54) is 0 Å². The number of aromatic amines is 1. The zero-order chi connectivity index (χ0) is 17.3. The highest BCUT2D eigenvalue weighted by Crippen LogP contribution is 2.29. The van der Waals surface area contributed by atoms with Gasteiger partial charge in [-0.2, -0.15) is 11.8 Å². The van der Waals surface area contributed by atoms with Crippen LogP contribution in [0.25, 0.3) is 10.9 Å². The van der Waals surface area contributed by atoms with E-state index in [4.69, 9.17) is 4.74 Å². The minimum atomic E-state index is -0.726. The number of carbonyl (C=O) groups is 2. The summed E-state index contributed by atoms with van der Waals surface area (Å²) in [5.74, 6) is -1.37. The van der Waals surface area contributed by atoms with E-state index < -0.39 is 17.9 Å². The fraction of sp³-hybridized carbons (Fsp3) is 0.333. The van der Waals surface area contributed by atoms with Crippen LogP contribution in [0.3, 0.4) is 0 Å². The minimum absolute atomic E-state index is 0.0449. The highest BCUT2D eigenvalue weighted by atomic mass is 32.2. The summed E-state index contributed by atoms with van der Waals surface area (Å²) < 4.78 is 5.18. The Bertz CT molecular complexity index is 823. The third kappa shape index (κ3) is 3.06. The van der Waals surface area contributed by atoms with Crippen LogP contribution in [0.1, 0.15) is 18.9 Å². The molecule has 1 aliphatic rings. The molecule has 1 aliphatic heterocycles. The zero-order valence-corrected chi connectivity index (χ0v) is 14.4. The Balaban J connectivity index is 1.82. The first kappa shape index (κ1) is 16.6. The smallest absolute Gasteiger partial charge is 0.346 e. The molecule has 2 N–H and O–H groups in total. The second-order valence-electron chi connectivity index (χ2n) is 5.90. The molecule has 2 unspecified atom stereocenters. The maximum absolute atomic E-state index is 12.5. The number of ketones is 1. The summed E-state index contributed by atoms with van der Waals surface area (Å²) in [6.45, 7) is 1.98. The van der Waals surface area contributed by atoms with Gasteiger partial charge in [0.1, 0.15) is 5.57 Å². The molecule has 1 aromatic heterocycles. The molecule has 0 radical (unpaired) electrons. The number of aliphatic hydroxyl groups is 1. The van der Waals surface area contributed by atoms with Gasteiger partial charge < -0.3 is 14.8 Å². The van der Waals surface area contributed by atoms with Crippen LogP contribution >= 0.6 is 11.8 Å². The molecule has 126 valence electrons. The lowest BCUT2D eigenvalue weighted by Gasteiger charge is -2.13. The van der Waals surface area contributed by atoms with Crippen molar-refractivity contribution in [2.24, 2.45) is 0 Å².